The van der Waals surface area contributed by atoms with Crippen molar-refractivity contribution in [1.29, 1.82) is 0 Å². The maximum absolute atomic E-state index is 13.0. The van der Waals surface area contributed by atoms with E-state index < -0.39 is 0 Å². The number of hydrogen-bond acceptors (Lipinski definition) is 6. The van der Waals surface area contributed by atoms with Gasteiger partial charge < -0.3 is 10.3 Å². The van der Waals surface area contributed by atoms with Gasteiger partial charge in [-0.05, 0) is 50.3 Å². The highest BCUT2D eigenvalue weighted by molar-refractivity contribution is 7.99. The van der Waals surface area contributed by atoms with E-state index in [-0.39, 0.29) is 28.5 Å². The Kier molecular flexibility index (Phi) is 5.71. The van der Waals surface area contributed by atoms with Crippen LogP contribution in [0.15, 0.2) is 45.1 Å². The van der Waals surface area contributed by atoms with Crippen LogP contribution in [0.5, 0.6) is 0 Å². The van der Waals surface area contributed by atoms with Crippen LogP contribution in [-0.2, 0) is 24.7 Å². The highest BCUT2D eigenvalue weighted by Crippen LogP contribution is 2.34. The molecule has 2 N–H and O–H groups in total. The Labute approximate surface area is 197 Å². The number of aryl methyl sites for hydroxylation is 2. The molecule has 33 heavy (non-hydrogen) atoms. The first-order valence-corrected chi connectivity index (χ1v) is 12.6. The molecule has 170 valence electrons. The van der Waals surface area contributed by atoms with Gasteiger partial charge in [-0.1, -0.05) is 30.0 Å². The number of H-pyrrole nitrogens is 1. The number of aromatic nitrogens is 4. The van der Waals surface area contributed by atoms with Crippen molar-refractivity contribution in [1.82, 2.24) is 19.3 Å². The van der Waals surface area contributed by atoms with E-state index in [0.717, 1.165) is 53.5 Å². The number of thiophene rings is 1. The summed E-state index contributed by atoms with van der Waals surface area (Å²) in [5, 5.41) is 3.85. The molecule has 1 aromatic carbocycles. The minimum atomic E-state index is -0.334. The normalized spacial score (nSPS) is 13.3. The van der Waals surface area contributed by atoms with Crippen LogP contribution in [-0.4, -0.2) is 31.0 Å². The lowest BCUT2D eigenvalue weighted by molar-refractivity contribution is -0.113. The third-order valence-corrected chi connectivity index (χ3v) is 8.02. The molecule has 0 aliphatic heterocycles. The fourth-order valence-electron chi connectivity index (χ4n) is 4.23. The molecule has 8 nitrogen and oxygen atoms in total. The predicted molar refractivity (Wildman–Crippen MR) is 132 cm³/mol. The lowest BCUT2D eigenvalue weighted by atomic mass is 9.97. The average molecular weight is 482 g/mol. The first-order valence-electron chi connectivity index (χ1n) is 10.8. The van der Waals surface area contributed by atoms with Gasteiger partial charge in [-0.25, -0.2) is 9.67 Å². The molecule has 4 aromatic rings. The van der Waals surface area contributed by atoms with Crippen molar-refractivity contribution < 1.29 is 4.79 Å². The van der Waals surface area contributed by atoms with Gasteiger partial charge in [-0.15, -0.1) is 11.3 Å². The predicted octanol–water partition coefficient (Wildman–Crippen LogP) is 3.39. The zero-order chi connectivity index (χ0) is 23.1. The summed E-state index contributed by atoms with van der Waals surface area (Å²) < 4.78 is 3.23. The number of aromatic amines is 1. The third kappa shape index (κ3) is 3.93. The molecule has 0 unspecified atom stereocenters. The van der Waals surface area contributed by atoms with Crippen molar-refractivity contribution in [3.05, 3.63) is 67.2 Å². The molecule has 3 aromatic heterocycles. The molecule has 1 aliphatic carbocycles. The Morgan fingerprint density at radius 2 is 1.97 bits per heavy atom. The molecule has 10 heteroatoms. The van der Waals surface area contributed by atoms with Crippen LogP contribution in [0.3, 0.4) is 0 Å². The first-order chi connectivity index (χ1) is 15.9. The number of para-hydroxylation sites is 1. The Hall–Kier alpha value is -3.11. The monoisotopic (exact) mass is 481 g/mol. The van der Waals surface area contributed by atoms with Gasteiger partial charge in [0.2, 0.25) is 5.91 Å². The maximum Gasteiger partial charge on any atom is 0.295 e. The summed E-state index contributed by atoms with van der Waals surface area (Å²) in [4.78, 5) is 47.7. The van der Waals surface area contributed by atoms with Crippen molar-refractivity contribution in [3.8, 4) is 5.69 Å². The molecule has 0 fully saturated rings. The Morgan fingerprint density at radius 1 is 1.21 bits per heavy atom. The van der Waals surface area contributed by atoms with E-state index in [2.05, 4.69) is 15.3 Å². The molecule has 1 aliphatic rings. The molecule has 0 bridgehead atoms. The van der Waals surface area contributed by atoms with E-state index in [0.29, 0.717) is 16.2 Å². The summed E-state index contributed by atoms with van der Waals surface area (Å²) >= 11 is 2.73. The maximum atomic E-state index is 13.0. The number of carbonyl (C=O) groups excluding carboxylic acids is 1. The van der Waals surface area contributed by atoms with Crippen LogP contribution in [0, 0.1) is 6.92 Å². The lowest BCUT2D eigenvalue weighted by Gasteiger charge is -2.09. The van der Waals surface area contributed by atoms with Crippen molar-refractivity contribution >= 4 is 44.9 Å². The van der Waals surface area contributed by atoms with Gasteiger partial charge in [0.15, 0.2) is 5.16 Å². The number of amides is 1. The van der Waals surface area contributed by atoms with Crippen molar-refractivity contribution in [2.75, 3.05) is 11.1 Å². The summed E-state index contributed by atoms with van der Waals surface area (Å²) in [5.74, 6) is -0.308. The number of nitrogens with one attached hydrogen (secondary N) is 2. The molecular formula is C23H23N5O3S2. The molecule has 0 saturated carbocycles. The van der Waals surface area contributed by atoms with Gasteiger partial charge in [0.25, 0.3) is 11.1 Å². The van der Waals surface area contributed by atoms with Crippen LogP contribution in [0.1, 0.15) is 29.0 Å². The first kappa shape index (κ1) is 21.7. The fourth-order valence-corrected chi connectivity index (χ4v) is 6.21. The summed E-state index contributed by atoms with van der Waals surface area (Å²) in [5.41, 5.74) is 2.31. The minimum absolute atomic E-state index is 0.0264. The van der Waals surface area contributed by atoms with E-state index in [1.54, 1.807) is 30.0 Å². The smallest absolute Gasteiger partial charge is 0.295 e. The second-order valence-corrected chi connectivity index (χ2v) is 10.1. The topological polar surface area (TPSA) is 102 Å². The molecule has 0 spiro atoms. The van der Waals surface area contributed by atoms with Crippen LogP contribution >= 0.6 is 23.1 Å². The van der Waals surface area contributed by atoms with E-state index in [9.17, 15) is 14.4 Å². The van der Waals surface area contributed by atoms with Crippen molar-refractivity contribution in [3.63, 3.8) is 0 Å². The fraction of sp³-hybridized carbons (Fsp3) is 0.304. The number of hydrogen-bond donors (Lipinski definition) is 2. The number of nitrogens with zero attached hydrogens (tertiary/aromatic N) is 3. The van der Waals surface area contributed by atoms with E-state index in [1.807, 2.05) is 30.3 Å². The minimum Gasteiger partial charge on any atom is -0.319 e. The average Bonchev–Trinajstić information content (AvgIpc) is 3.29. The Bertz CT molecular complexity index is 1480. The van der Waals surface area contributed by atoms with Gasteiger partial charge in [0, 0.05) is 11.9 Å². The molecule has 0 atom stereocenters. The highest BCUT2D eigenvalue weighted by atomic mass is 32.2. The van der Waals surface area contributed by atoms with Gasteiger partial charge in [0.05, 0.1) is 22.5 Å². The summed E-state index contributed by atoms with van der Waals surface area (Å²) in [6, 6.07) is 9.26. The van der Waals surface area contributed by atoms with Gasteiger partial charge in [-0.2, -0.15) is 0 Å². The van der Waals surface area contributed by atoms with Crippen LogP contribution in [0.2, 0.25) is 0 Å². The summed E-state index contributed by atoms with van der Waals surface area (Å²) in [6.45, 7) is 1.79. The standard InChI is InChI=1S/C23H23N5O3S2/c1-13-19(22(31)28(27(13)2)14-8-4-3-5-9-14)24-17(29)12-32-23-25-20(30)18-15-10-6-7-11-16(15)33-21(18)26-23/h3-5,8-9H,6-7,10-12H2,1-2H3,(H,24,29)(H,25,26,30). The highest BCUT2D eigenvalue weighted by Gasteiger charge is 2.21. The Morgan fingerprint density at radius 3 is 2.76 bits per heavy atom. The van der Waals surface area contributed by atoms with Gasteiger partial charge >= 0.3 is 0 Å². The number of benzene rings is 1. The van der Waals surface area contributed by atoms with Crippen molar-refractivity contribution in [2.45, 2.75) is 37.8 Å². The number of carbonyl (C=O) groups is 1. The molecule has 5 rings (SSSR count). The zero-order valence-corrected chi connectivity index (χ0v) is 19.9. The summed E-state index contributed by atoms with van der Waals surface area (Å²) in [6.07, 6.45) is 4.16. The third-order valence-electron chi connectivity index (χ3n) is 5.96. The van der Waals surface area contributed by atoms with Crippen LogP contribution in [0.4, 0.5) is 5.69 Å². The van der Waals surface area contributed by atoms with Crippen LogP contribution < -0.4 is 16.4 Å². The molecule has 0 saturated heterocycles. The van der Waals surface area contributed by atoms with E-state index >= 15 is 0 Å². The molecular weight excluding hydrogens is 458 g/mol. The SMILES string of the molecule is Cc1c(NC(=O)CSc2nc3sc4c(c3c(=O)[nH]2)CCCC4)c(=O)n(-c2ccccc2)n1C. The van der Waals surface area contributed by atoms with Crippen LogP contribution in [0.25, 0.3) is 15.9 Å². The second-order valence-electron chi connectivity index (χ2n) is 8.04. The Balaban J connectivity index is 1.34. The van der Waals surface area contributed by atoms with Gasteiger partial charge in [-0.3, -0.25) is 19.1 Å². The second kappa shape index (κ2) is 8.68. The molecule has 0 radical (unpaired) electrons. The quantitative estimate of drug-likeness (QED) is 0.336. The molecule has 1 amide bonds. The largest absolute Gasteiger partial charge is 0.319 e. The summed E-state index contributed by atoms with van der Waals surface area (Å²) in [7, 11) is 1.78. The molecule has 3 heterocycles. The van der Waals surface area contributed by atoms with Gasteiger partial charge in [0.1, 0.15) is 10.5 Å². The van der Waals surface area contributed by atoms with E-state index in [1.165, 1.54) is 9.56 Å². The number of fused-ring (bicyclic) bond motifs is 3. The number of anilines is 1. The number of thioether (sulfide) groups is 1. The number of rotatable bonds is 5. The zero-order valence-electron chi connectivity index (χ0n) is 18.3. The lowest BCUT2D eigenvalue weighted by Crippen LogP contribution is -2.23. The van der Waals surface area contributed by atoms with Crippen molar-refractivity contribution in [2.24, 2.45) is 7.05 Å². The van der Waals surface area contributed by atoms with E-state index in [4.69, 9.17) is 0 Å².